The Bertz CT molecular complexity index is 251. The molecule has 16 heavy (non-hydrogen) atoms. The molecule has 1 amide bonds. The monoisotopic (exact) mass is 243 g/mol. The Hall–Kier alpha value is -0.220. The van der Waals surface area contributed by atoms with Crippen LogP contribution in [0.25, 0.3) is 0 Å². The van der Waals surface area contributed by atoms with Crippen LogP contribution < -0.4 is 0 Å². The van der Waals surface area contributed by atoms with Gasteiger partial charge in [0.2, 0.25) is 5.91 Å². The first kappa shape index (κ1) is 12.2. The topological polar surface area (TPSA) is 40.5 Å². The minimum atomic E-state index is -0.281. The minimum Gasteiger partial charge on any atom is -0.393 e. The van der Waals surface area contributed by atoms with Gasteiger partial charge in [-0.1, -0.05) is 6.42 Å². The van der Waals surface area contributed by atoms with Crippen molar-refractivity contribution >= 4 is 17.7 Å². The van der Waals surface area contributed by atoms with Gasteiger partial charge in [0.25, 0.3) is 0 Å². The molecular weight excluding hydrogens is 222 g/mol. The maximum atomic E-state index is 12.2. The summed E-state index contributed by atoms with van der Waals surface area (Å²) in [6.07, 6.45) is 4.17. The molecular formula is C12H21NO2S. The van der Waals surface area contributed by atoms with E-state index in [-0.39, 0.29) is 17.3 Å². The largest absolute Gasteiger partial charge is 0.393 e. The van der Waals surface area contributed by atoms with Gasteiger partial charge in [-0.25, -0.2) is 0 Å². The van der Waals surface area contributed by atoms with Crippen molar-refractivity contribution in [3.63, 3.8) is 0 Å². The van der Waals surface area contributed by atoms with Crippen molar-refractivity contribution in [2.24, 2.45) is 5.92 Å². The molecule has 0 spiro atoms. The highest BCUT2D eigenvalue weighted by molar-refractivity contribution is 8.00. The summed E-state index contributed by atoms with van der Waals surface area (Å²) < 4.78 is 0. The molecule has 2 heterocycles. The molecule has 0 aromatic heterocycles. The lowest BCUT2D eigenvalue weighted by molar-refractivity contribution is -0.130. The molecule has 3 nitrogen and oxygen atoms in total. The van der Waals surface area contributed by atoms with Crippen molar-refractivity contribution in [3.05, 3.63) is 0 Å². The van der Waals surface area contributed by atoms with Gasteiger partial charge in [0.05, 0.1) is 11.4 Å². The smallest absolute Gasteiger partial charge is 0.235 e. The Kier molecular flexibility index (Phi) is 4.14. The predicted octanol–water partition coefficient (Wildman–Crippen LogP) is 1.50. The zero-order valence-corrected chi connectivity index (χ0v) is 10.7. The van der Waals surface area contributed by atoms with Crippen LogP contribution in [0.5, 0.6) is 0 Å². The quantitative estimate of drug-likeness (QED) is 0.799. The molecule has 0 saturated carbocycles. The molecule has 1 N–H and O–H groups in total. The van der Waals surface area contributed by atoms with Crippen molar-refractivity contribution < 1.29 is 9.90 Å². The van der Waals surface area contributed by atoms with Crippen LogP contribution in [0.4, 0.5) is 0 Å². The summed E-state index contributed by atoms with van der Waals surface area (Å²) in [4.78, 5) is 14.2. The number of thioether (sulfide) groups is 1. The second-order valence-electron chi connectivity index (χ2n) is 4.93. The molecule has 2 aliphatic rings. The summed E-state index contributed by atoms with van der Waals surface area (Å²) in [7, 11) is 0. The highest BCUT2D eigenvalue weighted by Gasteiger charge is 2.33. The standard InChI is InChI=1S/C12H21NO2S/c1-9(14)10-5-6-13(8-10)12(15)11-4-2-3-7-16-11/h9-11,14H,2-8H2,1H3. The van der Waals surface area contributed by atoms with E-state index >= 15 is 0 Å². The van der Waals surface area contributed by atoms with E-state index in [1.54, 1.807) is 0 Å². The van der Waals surface area contributed by atoms with Crippen LogP contribution in [0, 0.1) is 5.92 Å². The first-order valence-corrected chi connectivity index (χ1v) is 7.32. The van der Waals surface area contributed by atoms with Crippen molar-refractivity contribution in [2.45, 2.75) is 44.0 Å². The lowest BCUT2D eigenvalue weighted by atomic mass is 10.0. The van der Waals surface area contributed by atoms with E-state index in [0.717, 1.165) is 31.7 Å². The van der Waals surface area contributed by atoms with Gasteiger partial charge in [-0.05, 0) is 31.9 Å². The second kappa shape index (κ2) is 5.41. The number of carbonyl (C=O) groups excluding carboxylic acids is 1. The molecule has 2 saturated heterocycles. The van der Waals surface area contributed by atoms with E-state index in [0.29, 0.717) is 5.91 Å². The fourth-order valence-corrected chi connectivity index (χ4v) is 3.80. The van der Waals surface area contributed by atoms with Crippen LogP contribution in [0.2, 0.25) is 0 Å². The van der Waals surface area contributed by atoms with Gasteiger partial charge < -0.3 is 10.0 Å². The average Bonchev–Trinajstić information content (AvgIpc) is 2.78. The molecule has 2 fully saturated rings. The van der Waals surface area contributed by atoms with Crippen LogP contribution in [-0.4, -0.2) is 46.1 Å². The number of aliphatic hydroxyl groups is 1. The van der Waals surface area contributed by atoms with Gasteiger partial charge >= 0.3 is 0 Å². The van der Waals surface area contributed by atoms with E-state index in [2.05, 4.69) is 0 Å². The van der Waals surface area contributed by atoms with Crippen LogP contribution in [-0.2, 0) is 4.79 Å². The van der Waals surface area contributed by atoms with Gasteiger partial charge in [-0.15, -0.1) is 11.8 Å². The third-order valence-corrected chi connectivity index (χ3v) is 5.04. The predicted molar refractivity (Wildman–Crippen MR) is 66.5 cm³/mol. The number of likely N-dealkylation sites (tertiary alicyclic amines) is 1. The first-order valence-electron chi connectivity index (χ1n) is 6.27. The van der Waals surface area contributed by atoms with Crippen LogP contribution in [0.1, 0.15) is 32.6 Å². The molecule has 0 aliphatic carbocycles. The highest BCUT2D eigenvalue weighted by Crippen LogP contribution is 2.29. The summed E-state index contributed by atoms with van der Waals surface area (Å²) in [6.45, 7) is 3.42. The average molecular weight is 243 g/mol. The molecule has 3 unspecified atom stereocenters. The van der Waals surface area contributed by atoms with Crippen molar-refractivity contribution in [1.82, 2.24) is 4.90 Å². The fraction of sp³-hybridized carbons (Fsp3) is 0.917. The number of aliphatic hydroxyl groups excluding tert-OH is 1. The molecule has 2 aliphatic heterocycles. The van der Waals surface area contributed by atoms with Crippen molar-refractivity contribution in [2.75, 3.05) is 18.8 Å². The van der Waals surface area contributed by atoms with E-state index in [1.807, 2.05) is 23.6 Å². The number of amides is 1. The van der Waals surface area contributed by atoms with Gasteiger partial charge in [-0.2, -0.15) is 0 Å². The number of carbonyl (C=O) groups is 1. The summed E-state index contributed by atoms with van der Waals surface area (Å²) >= 11 is 1.81. The summed E-state index contributed by atoms with van der Waals surface area (Å²) in [6, 6.07) is 0. The summed E-state index contributed by atoms with van der Waals surface area (Å²) in [5, 5.41) is 9.71. The molecule has 4 heteroatoms. The Morgan fingerprint density at radius 2 is 2.25 bits per heavy atom. The molecule has 0 aromatic rings. The van der Waals surface area contributed by atoms with Crippen LogP contribution >= 0.6 is 11.8 Å². The number of nitrogens with zero attached hydrogens (tertiary/aromatic N) is 1. The lowest BCUT2D eigenvalue weighted by Gasteiger charge is -2.26. The molecule has 0 radical (unpaired) electrons. The molecule has 0 aromatic carbocycles. The molecule has 3 atom stereocenters. The minimum absolute atomic E-state index is 0.196. The Morgan fingerprint density at radius 3 is 2.81 bits per heavy atom. The van der Waals surface area contributed by atoms with Gasteiger partial charge in [0, 0.05) is 19.0 Å². The SMILES string of the molecule is CC(O)C1CCN(C(=O)C2CCCCS2)C1. The molecule has 0 bridgehead atoms. The van der Waals surface area contributed by atoms with E-state index < -0.39 is 0 Å². The maximum absolute atomic E-state index is 12.2. The number of rotatable bonds is 2. The zero-order valence-electron chi connectivity index (χ0n) is 9.89. The van der Waals surface area contributed by atoms with Crippen molar-refractivity contribution in [1.29, 1.82) is 0 Å². The number of hydrogen-bond donors (Lipinski definition) is 1. The lowest BCUT2D eigenvalue weighted by Crippen LogP contribution is -2.37. The normalized spacial score (nSPS) is 32.8. The maximum Gasteiger partial charge on any atom is 0.235 e. The molecule has 92 valence electrons. The van der Waals surface area contributed by atoms with Crippen LogP contribution in [0.15, 0.2) is 0 Å². The van der Waals surface area contributed by atoms with E-state index in [1.165, 1.54) is 12.8 Å². The third-order valence-electron chi connectivity index (χ3n) is 3.67. The van der Waals surface area contributed by atoms with E-state index in [4.69, 9.17) is 0 Å². The Labute approximate surface area is 102 Å². The van der Waals surface area contributed by atoms with Crippen molar-refractivity contribution in [3.8, 4) is 0 Å². The van der Waals surface area contributed by atoms with Gasteiger partial charge in [0.15, 0.2) is 0 Å². The Balaban J connectivity index is 1.86. The number of hydrogen-bond acceptors (Lipinski definition) is 3. The van der Waals surface area contributed by atoms with Crippen LogP contribution in [0.3, 0.4) is 0 Å². The third kappa shape index (κ3) is 2.72. The summed E-state index contributed by atoms with van der Waals surface area (Å²) in [5.41, 5.74) is 0. The summed E-state index contributed by atoms with van der Waals surface area (Å²) in [5.74, 6) is 1.73. The molecule has 2 rings (SSSR count). The highest BCUT2D eigenvalue weighted by atomic mass is 32.2. The van der Waals surface area contributed by atoms with Gasteiger partial charge in [0.1, 0.15) is 0 Å². The van der Waals surface area contributed by atoms with Gasteiger partial charge in [-0.3, -0.25) is 4.79 Å². The Morgan fingerprint density at radius 1 is 1.44 bits per heavy atom. The fourth-order valence-electron chi connectivity index (χ4n) is 2.52. The van der Waals surface area contributed by atoms with E-state index in [9.17, 15) is 9.90 Å². The first-order chi connectivity index (χ1) is 7.68. The zero-order chi connectivity index (χ0) is 11.5. The second-order valence-corrected chi connectivity index (χ2v) is 6.24.